The Morgan fingerprint density at radius 3 is 2.32 bits per heavy atom. The van der Waals surface area contributed by atoms with Crippen molar-refractivity contribution in [1.82, 2.24) is 9.21 Å². The molecule has 0 saturated carbocycles. The molecule has 0 unspecified atom stereocenters. The molecule has 1 aliphatic heterocycles. The van der Waals surface area contributed by atoms with Crippen LogP contribution in [0, 0.1) is 11.3 Å². The molecule has 8 heteroatoms. The second kappa shape index (κ2) is 8.42. The number of methoxy groups -OCH3 is 1. The predicted molar refractivity (Wildman–Crippen MR) is 103 cm³/mol. The zero-order valence-electron chi connectivity index (χ0n) is 15.5. The standard InChI is InChI=1S/C20H21N3O4S/c1-27-19-5-3-2-4-17(19)14-20(24)22-10-12-23(13-11-22)28(25,26)18-8-6-16(15-21)7-9-18/h2-9H,10-14H2,1H3. The number of benzene rings is 2. The number of carbonyl (C=O) groups excluding carboxylic acids is 1. The first-order valence-electron chi connectivity index (χ1n) is 8.85. The number of amides is 1. The van der Waals surface area contributed by atoms with Gasteiger partial charge in [0.2, 0.25) is 15.9 Å². The van der Waals surface area contributed by atoms with Crippen molar-refractivity contribution in [2.45, 2.75) is 11.3 Å². The fourth-order valence-corrected chi connectivity index (χ4v) is 4.57. The van der Waals surface area contributed by atoms with Crippen LogP contribution >= 0.6 is 0 Å². The van der Waals surface area contributed by atoms with Crippen molar-refractivity contribution in [3.05, 3.63) is 59.7 Å². The molecule has 1 saturated heterocycles. The molecule has 1 amide bonds. The number of rotatable bonds is 5. The Labute approximate surface area is 164 Å². The van der Waals surface area contributed by atoms with Gasteiger partial charge in [-0.2, -0.15) is 9.57 Å². The van der Waals surface area contributed by atoms with Gasteiger partial charge in [0.05, 0.1) is 30.1 Å². The van der Waals surface area contributed by atoms with Crippen LogP contribution in [-0.2, 0) is 21.2 Å². The van der Waals surface area contributed by atoms with Gasteiger partial charge in [-0.3, -0.25) is 4.79 Å². The third kappa shape index (κ3) is 4.16. The van der Waals surface area contributed by atoms with Crippen LogP contribution in [0.2, 0.25) is 0 Å². The van der Waals surface area contributed by atoms with Crippen molar-refractivity contribution in [2.24, 2.45) is 0 Å². The van der Waals surface area contributed by atoms with Crippen LogP contribution in [0.1, 0.15) is 11.1 Å². The summed E-state index contributed by atoms with van der Waals surface area (Å²) in [5.41, 5.74) is 1.22. The van der Waals surface area contributed by atoms with Crippen molar-refractivity contribution in [3.63, 3.8) is 0 Å². The van der Waals surface area contributed by atoms with E-state index >= 15 is 0 Å². The van der Waals surface area contributed by atoms with Gasteiger partial charge in [-0.05, 0) is 30.3 Å². The summed E-state index contributed by atoms with van der Waals surface area (Å²) in [5, 5.41) is 8.84. The highest BCUT2D eigenvalue weighted by atomic mass is 32.2. The molecule has 1 fully saturated rings. The van der Waals surface area contributed by atoms with Gasteiger partial charge in [0, 0.05) is 31.7 Å². The number of nitrogens with zero attached hydrogens (tertiary/aromatic N) is 3. The number of hydrogen-bond donors (Lipinski definition) is 0. The molecular weight excluding hydrogens is 378 g/mol. The number of hydrogen-bond acceptors (Lipinski definition) is 5. The molecule has 0 atom stereocenters. The minimum atomic E-state index is -3.64. The van der Waals surface area contributed by atoms with Gasteiger partial charge in [0.25, 0.3) is 0 Å². The van der Waals surface area contributed by atoms with Crippen molar-refractivity contribution in [3.8, 4) is 11.8 Å². The lowest BCUT2D eigenvalue weighted by Gasteiger charge is -2.34. The van der Waals surface area contributed by atoms with E-state index in [0.29, 0.717) is 24.4 Å². The fraction of sp³-hybridized carbons (Fsp3) is 0.300. The van der Waals surface area contributed by atoms with E-state index in [-0.39, 0.29) is 30.3 Å². The van der Waals surface area contributed by atoms with E-state index in [1.807, 2.05) is 30.3 Å². The number of carbonyl (C=O) groups is 1. The first-order chi connectivity index (χ1) is 13.5. The molecule has 1 heterocycles. The average molecular weight is 399 g/mol. The fourth-order valence-electron chi connectivity index (χ4n) is 3.15. The quantitative estimate of drug-likeness (QED) is 0.762. The molecule has 1 aliphatic rings. The van der Waals surface area contributed by atoms with Crippen LogP contribution in [0.15, 0.2) is 53.4 Å². The second-order valence-electron chi connectivity index (χ2n) is 6.41. The summed E-state index contributed by atoms with van der Waals surface area (Å²) >= 11 is 0. The maximum atomic E-state index is 12.8. The molecule has 2 aromatic rings. The summed E-state index contributed by atoms with van der Waals surface area (Å²) in [4.78, 5) is 14.4. The lowest BCUT2D eigenvalue weighted by Crippen LogP contribution is -2.50. The molecular formula is C20H21N3O4S. The topological polar surface area (TPSA) is 90.7 Å². The first kappa shape index (κ1) is 19.9. The Morgan fingerprint density at radius 1 is 1.07 bits per heavy atom. The monoisotopic (exact) mass is 399 g/mol. The highest BCUT2D eigenvalue weighted by Crippen LogP contribution is 2.21. The molecule has 0 spiro atoms. The number of piperazine rings is 1. The van der Waals surface area contributed by atoms with Gasteiger partial charge in [0.15, 0.2) is 0 Å². The third-order valence-corrected chi connectivity index (χ3v) is 6.66. The first-order valence-corrected chi connectivity index (χ1v) is 10.3. The molecule has 146 valence electrons. The zero-order valence-corrected chi connectivity index (χ0v) is 16.4. The summed E-state index contributed by atoms with van der Waals surface area (Å²) < 4.78 is 32.2. The lowest BCUT2D eigenvalue weighted by atomic mass is 10.1. The molecule has 0 aliphatic carbocycles. The predicted octanol–water partition coefficient (Wildman–Crippen LogP) is 1.64. The largest absolute Gasteiger partial charge is 0.496 e. The van der Waals surface area contributed by atoms with Crippen LogP contribution in [-0.4, -0.2) is 56.8 Å². The summed E-state index contributed by atoms with van der Waals surface area (Å²) in [6, 6.07) is 15.2. The van der Waals surface area contributed by atoms with Crippen molar-refractivity contribution in [1.29, 1.82) is 5.26 Å². The van der Waals surface area contributed by atoms with Crippen LogP contribution < -0.4 is 4.74 Å². The minimum Gasteiger partial charge on any atom is -0.496 e. The van der Waals surface area contributed by atoms with Gasteiger partial charge < -0.3 is 9.64 Å². The SMILES string of the molecule is COc1ccccc1CC(=O)N1CCN(S(=O)(=O)c2ccc(C#N)cc2)CC1. The molecule has 3 rings (SSSR count). The average Bonchev–Trinajstić information content (AvgIpc) is 2.74. The van der Waals surface area contributed by atoms with E-state index in [0.717, 1.165) is 5.56 Å². The molecule has 0 radical (unpaired) electrons. The molecule has 2 aromatic carbocycles. The second-order valence-corrected chi connectivity index (χ2v) is 8.35. The normalized spacial score (nSPS) is 15.1. The van der Waals surface area contributed by atoms with Crippen molar-refractivity contribution in [2.75, 3.05) is 33.3 Å². The Hall–Kier alpha value is -2.89. The molecule has 0 aromatic heterocycles. The van der Waals surface area contributed by atoms with Crippen molar-refractivity contribution >= 4 is 15.9 Å². The maximum Gasteiger partial charge on any atom is 0.243 e. The maximum absolute atomic E-state index is 12.8. The summed E-state index contributed by atoms with van der Waals surface area (Å²) in [6.45, 7) is 1.15. The van der Waals surface area contributed by atoms with Gasteiger partial charge in [-0.15, -0.1) is 0 Å². The van der Waals surface area contributed by atoms with Crippen LogP contribution in [0.3, 0.4) is 0 Å². The summed E-state index contributed by atoms with van der Waals surface area (Å²) in [5.74, 6) is 0.609. The molecule has 28 heavy (non-hydrogen) atoms. The van der Waals surface area contributed by atoms with Crippen molar-refractivity contribution < 1.29 is 17.9 Å². The molecule has 0 bridgehead atoms. The molecule has 0 N–H and O–H groups in total. The third-order valence-electron chi connectivity index (χ3n) is 4.75. The van der Waals surface area contributed by atoms with Crippen LogP contribution in [0.5, 0.6) is 5.75 Å². The zero-order chi connectivity index (χ0) is 20.1. The molecule has 7 nitrogen and oxygen atoms in total. The van der Waals surface area contributed by atoms with E-state index in [4.69, 9.17) is 10.00 Å². The Bertz CT molecular complexity index is 989. The number of nitriles is 1. The van der Waals surface area contributed by atoms with Gasteiger partial charge in [-0.1, -0.05) is 18.2 Å². The number of sulfonamides is 1. The Morgan fingerprint density at radius 2 is 1.71 bits per heavy atom. The lowest BCUT2D eigenvalue weighted by molar-refractivity contribution is -0.131. The van der Waals surface area contributed by atoms with Gasteiger partial charge in [0.1, 0.15) is 5.75 Å². The van der Waals surface area contributed by atoms with Gasteiger partial charge in [-0.25, -0.2) is 8.42 Å². The van der Waals surface area contributed by atoms with E-state index in [1.165, 1.54) is 28.6 Å². The Balaban J connectivity index is 1.63. The number of ether oxygens (including phenoxy) is 1. The highest BCUT2D eigenvalue weighted by molar-refractivity contribution is 7.89. The summed E-state index contributed by atoms with van der Waals surface area (Å²) in [6.07, 6.45) is 0.215. The van der Waals surface area contributed by atoms with Gasteiger partial charge >= 0.3 is 0 Å². The van der Waals surface area contributed by atoms with E-state index in [2.05, 4.69) is 0 Å². The smallest absolute Gasteiger partial charge is 0.243 e. The van der Waals surface area contributed by atoms with Crippen LogP contribution in [0.25, 0.3) is 0 Å². The van der Waals surface area contributed by atoms with Crippen LogP contribution in [0.4, 0.5) is 0 Å². The number of para-hydroxylation sites is 1. The minimum absolute atomic E-state index is 0.0556. The highest BCUT2D eigenvalue weighted by Gasteiger charge is 2.30. The van der Waals surface area contributed by atoms with E-state index in [1.54, 1.807) is 12.0 Å². The summed E-state index contributed by atoms with van der Waals surface area (Å²) in [7, 11) is -2.07. The Kier molecular flexibility index (Phi) is 5.97. The van der Waals surface area contributed by atoms with E-state index < -0.39 is 10.0 Å². The van der Waals surface area contributed by atoms with E-state index in [9.17, 15) is 13.2 Å².